The van der Waals surface area contributed by atoms with Gasteiger partial charge in [-0.25, -0.2) is 4.79 Å². The molecule has 0 saturated carbocycles. The molecule has 0 aromatic rings. The van der Waals surface area contributed by atoms with Gasteiger partial charge in [0.2, 0.25) is 0 Å². The summed E-state index contributed by atoms with van der Waals surface area (Å²) in [6.45, 7) is 10.5. The number of hydrogen-bond acceptors (Lipinski definition) is 3. The smallest absolute Gasteiger partial charge is 0.317 e. The molecule has 1 heterocycles. The van der Waals surface area contributed by atoms with Crippen molar-refractivity contribution in [2.45, 2.75) is 45.8 Å². The summed E-state index contributed by atoms with van der Waals surface area (Å²) in [5, 5.41) is 3.03. The van der Waals surface area contributed by atoms with Crippen molar-refractivity contribution in [1.82, 2.24) is 10.2 Å². The molecule has 1 fully saturated rings. The molecule has 0 aromatic heterocycles. The first-order chi connectivity index (χ1) is 8.44. The summed E-state index contributed by atoms with van der Waals surface area (Å²) in [5.41, 5.74) is 5.41. The largest absolute Gasteiger partial charge is 0.370 e. The molecule has 0 radical (unpaired) electrons. The lowest BCUT2D eigenvalue weighted by atomic mass is 9.98. The molecule has 0 spiro atoms. The van der Waals surface area contributed by atoms with Gasteiger partial charge in [0.15, 0.2) is 0 Å². The molecule has 18 heavy (non-hydrogen) atoms. The molecule has 3 N–H and O–H groups in total. The fourth-order valence-electron chi connectivity index (χ4n) is 1.95. The van der Waals surface area contributed by atoms with Gasteiger partial charge in [-0.1, -0.05) is 20.8 Å². The summed E-state index contributed by atoms with van der Waals surface area (Å²) >= 11 is 0. The first-order valence-electron chi connectivity index (χ1n) is 6.83. The zero-order valence-electron chi connectivity index (χ0n) is 12.0. The van der Waals surface area contributed by atoms with E-state index in [2.05, 4.69) is 19.2 Å². The summed E-state index contributed by atoms with van der Waals surface area (Å²) in [6.07, 6.45) is 0.826. The molecule has 0 bridgehead atoms. The molecule has 2 unspecified atom stereocenters. The van der Waals surface area contributed by atoms with E-state index in [9.17, 15) is 4.79 Å². The molecule has 5 nitrogen and oxygen atoms in total. The van der Waals surface area contributed by atoms with Crippen LogP contribution in [0.4, 0.5) is 4.79 Å². The van der Waals surface area contributed by atoms with E-state index >= 15 is 0 Å². The summed E-state index contributed by atoms with van der Waals surface area (Å²) in [4.78, 5) is 14.0. The Hall–Kier alpha value is -0.810. The summed E-state index contributed by atoms with van der Waals surface area (Å²) in [6, 6.07) is 0.167. The van der Waals surface area contributed by atoms with Crippen LogP contribution in [0.15, 0.2) is 0 Å². The SMILES string of the molecule is CCC1(CN)CN(C(=O)NC(C)C(C)C)CCO1. The molecule has 0 aliphatic carbocycles. The van der Waals surface area contributed by atoms with E-state index in [1.807, 2.05) is 18.7 Å². The fourth-order valence-corrected chi connectivity index (χ4v) is 1.95. The first-order valence-corrected chi connectivity index (χ1v) is 6.83. The maximum absolute atomic E-state index is 12.2. The first kappa shape index (κ1) is 15.2. The number of carbonyl (C=O) groups excluding carboxylic acids is 1. The second-order valence-electron chi connectivity index (χ2n) is 5.49. The quantitative estimate of drug-likeness (QED) is 0.794. The highest BCUT2D eigenvalue weighted by Crippen LogP contribution is 2.20. The van der Waals surface area contributed by atoms with Crippen LogP contribution in [0.5, 0.6) is 0 Å². The molecule has 1 aliphatic rings. The average molecular weight is 257 g/mol. The average Bonchev–Trinajstić information content (AvgIpc) is 2.38. The number of carbonyl (C=O) groups is 1. The van der Waals surface area contributed by atoms with Gasteiger partial charge in [-0.2, -0.15) is 0 Å². The van der Waals surface area contributed by atoms with Gasteiger partial charge in [-0.05, 0) is 19.3 Å². The number of morpholine rings is 1. The second-order valence-corrected chi connectivity index (χ2v) is 5.49. The Labute approximate surface area is 110 Å². The molecular weight excluding hydrogens is 230 g/mol. The van der Waals surface area contributed by atoms with Gasteiger partial charge in [0.05, 0.1) is 18.8 Å². The van der Waals surface area contributed by atoms with Gasteiger partial charge < -0.3 is 20.7 Å². The van der Waals surface area contributed by atoms with Crippen LogP contribution in [-0.2, 0) is 4.74 Å². The third-order valence-electron chi connectivity index (χ3n) is 3.90. The summed E-state index contributed by atoms with van der Waals surface area (Å²) in [5.74, 6) is 0.431. The van der Waals surface area contributed by atoms with Gasteiger partial charge in [-0.15, -0.1) is 0 Å². The van der Waals surface area contributed by atoms with Crippen LogP contribution in [0.25, 0.3) is 0 Å². The standard InChI is InChI=1S/C13H27N3O2/c1-5-13(8-14)9-16(6-7-18-13)12(17)15-11(4)10(2)3/h10-11H,5-9,14H2,1-4H3,(H,15,17). The van der Waals surface area contributed by atoms with Crippen molar-refractivity contribution < 1.29 is 9.53 Å². The predicted octanol–water partition coefficient (Wildman–Crippen LogP) is 1.18. The highest BCUT2D eigenvalue weighted by atomic mass is 16.5. The Morgan fingerprint density at radius 2 is 2.17 bits per heavy atom. The number of rotatable bonds is 4. The van der Waals surface area contributed by atoms with E-state index in [0.717, 1.165) is 6.42 Å². The van der Waals surface area contributed by atoms with E-state index in [1.54, 1.807) is 0 Å². The van der Waals surface area contributed by atoms with Crippen molar-refractivity contribution >= 4 is 6.03 Å². The predicted molar refractivity (Wildman–Crippen MR) is 72.4 cm³/mol. The number of nitrogens with one attached hydrogen (secondary N) is 1. The molecule has 1 aliphatic heterocycles. The van der Waals surface area contributed by atoms with E-state index < -0.39 is 0 Å². The van der Waals surface area contributed by atoms with E-state index in [-0.39, 0.29) is 17.7 Å². The third kappa shape index (κ3) is 3.59. The zero-order valence-corrected chi connectivity index (χ0v) is 12.0. The maximum atomic E-state index is 12.2. The Morgan fingerprint density at radius 3 is 2.67 bits per heavy atom. The van der Waals surface area contributed by atoms with Gasteiger partial charge >= 0.3 is 6.03 Å². The van der Waals surface area contributed by atoms with Crippen LogP contribution in [-0.4, -0.2) is 48.8 Å². The number of nitrogens with zero attached hydrogens (tertiary/aromatic N) is 1. The van der Waals surface area contributed by atoms with Crippen molar-refractivity contribution in [2.24, 2.45) is 11.7 Å². The minimum Gasteiger partial charge on any atom is -0.370 e. The van der Waals surface area contributed by atoms with Gasteiger partial charge in [0, 0.05) is 19.1 Å². The van der Waals surface area contributed by atoms with Crippen molar-refractivity contribution in [2.75, 3.05) is 26.2 Å². The van der Waals surface area contributed by atoms with E-state index in [4.69, 9.17) is 10.5 Å². The number of urea groups is 1. The number of hydrogen-bond donors (Lipinski definition) is 2. The number of ether oxygens (including phenoxy) is 1. The molecular formula is C13H27N3O2. The van der Waals surface area contributed by atoms with Crippen LogP contribution in [0.3, 0.4) is 0 Å². The van der Waals surface area contributed by atoms with Gasteiger partial charge in [0.25, 0.3) is 0 Å². The Morgan fingerprint density at radius 1 is 1.50 bits per heavy atom. The topological polar surface area (TPSA) is 67.6 Å². The van der Waals surface area contributed by atoms with Crippen LogP contribution in [0.2, 0.25) is 0 Å². The van der Waals surface area contributed by atoms with Crippen LogP contribution < -0.4 is 11.1 Å². The van der Waals surface area contributed by atoms with Crippen LogP contribution in [0, 0.1) is 5.92 Å². The minimum atomic E-state index is -0.364. The van der Waals surface area contributed by atoms with Gasteiger partial charge in [0.1, 0.15) is 0 Å². The molecule has 5 heteroatoms. The Balaban J connectivity index is 2.58. The van der Waals surface area contributed by atoms with Gasteiger partial charge in [-0.3, -0.25) is 0 Å². The molecule has 106 valence electrons. The van der Waals surface area contributed by atoms with Crippen LogP contribution in [0.1, 0.15) is 34.1 Å². The number of nitrogens with two attached hydrogens (primary N) is 1. The van der Waals surface area contributed by atoms with Crippen molar-refractivity contribution in [3.05, 3.63) is 0 Å². The lowest BCUT2D eigenvalue weighted by Gasteiger charge is -2.42. The number of amides is 2. The Bertz CT molecular complexity index is 277. The lowest BCUT2D eigenvalue weighted by Crippen LogP contribution is -2.59. The maximum Gasteiger partial charge on any atom is 0.317 e. The highest BCUT2D eigenvalue weighted by molar-refractivity contribution is 5.74. The molecule has 1 rings (SSSR count). The molecule has 2 atom stereocenters. The highest BCUT2D eigenvalue weighted by Gasteiger charge is 2.36. The van der Waals surface area contributed by atoms with Crippen molar-refractivity contribution in [3.8, 4) is 0 Å². The monoisotopic (exact) mass is 257 g/mol. The summed E-state index contributed by atoms with van der Waals surface area (Å²) < 4.78 is 5.75. The zero-order chi connectivity index (χ0) is 13.8. The normalized spacial score (nSPS) is 26.2. The summed E-state index contributed by atoms with van der Waals surface area (Å²) in [7, 11) is 0. The van der Waals surface area contributed by atoms with Crippen molar-refractivity contribution in [1.29, 1.82) is 0 Å². The second kappa shape index (κ2) is 6.38. The van der Waals surface area contributed by atoms with Crippen LogP contribution >= 0.6 is 0 Å². The fraction of sp³-hybridized carbons (Fsp3) is 0.923. The minimum absolute atomic E-state index is 0.00854. The molecule has 0 aromatic carbocycles. The lowest BCUT2D eigenvalue weighted by molar-refractivity contribution is -0.0932. The van der Waals surface area contributed by atoms with Crippen molar-refractivity contribution in [3.63, 3.8) is 0 Å². The third-order valence-corrected chi connectivity index (χ3v) is 3.90. The van der Waals surface area contributed by atoms with E-state index in [0.29, 0.717) is 32.2 Å². The molecule has 1 saturated heterocycles. The Kier molecular flexibility index (Phi) is 5.41. The van der Waals surface area contributed by atoms with E-state index in [1.165, 1.54) is 0 Å². The molecule has 2 amide bonds.